The van der Waals surface area contributed by atoms with E-state index in [2.05, 4.69) is 26.8 Å². The van der Waals surface area contributed by atoms with E-state index in [0.29, 0.717) is 13.0 Å². The standard InChI is InChI=1S/C18H24O2/c1-4-18(2,3)13-9-6-10-14-20-17(19)15-16-11-7-5-8-12-16/h5-13H,4,14-15H2,1-3H3/b10-6+,13-9+. The molecular formula is C18H24O2. The molecule has 0 saturated carbocycles. The zero-order chi connectivity index (χ0) is 14.8. The van der Waals surface area contributed by atoms with E-state index in [4.69, 9.17) is 4.74 Å². The predicted octanol–water partition coefficient (Wildman–Crippen LogP) is 4.32. The molecule has 1 aromatic carbocycles. The molecule has 20 heavy (non-hydrogen) atoms. The Labute approximate surface area is 122 Å². The monoisotopic (exact) mass is 272 g/mol. The summed E-state index contributed by atoms with van der Waals surface area (Å²) in [7, 11) is 0. The molecule has 0 aliphatic carbocycles. The van der Waals surface area contributed by atoms with Crippen LogP contribution in [-0.4, -0.2) is 12.6 Å². The molecule has 2 heteroatoms. The summed E-state index contributed by atoms with van der Waals surface area (Å²) in [6.45, 7) is 6.87. The van der Waals surface area contributed by atoms with E-state index < -0.39 is 0 Å². The van der Waals surface area contributed by atoms with Gasteiger partial charge in [-0.2, -0.15) is 0 Å². The Morgan fingerprint density at radius 1 is 1.20 bits per heavy atom. The van der Waals surface area contributed by atoms with Crippen LogP contribution in [0.25, 0.3) is 0 Å². The maximum absolute atomic E-state index is 11.6. The number of esters is 1. The number of carbonyl (C=O) groups is 1. The number of carbonyl (C=O) groups excluding carboxylic acids is 1. The number of ether oxygens (including phenoxy) is 1. The lowest BCUT2D eigenvalue weighted by molar-refractivity contribution is -0.141. The minimum absolute atomic E-state index is 0.196. The molecule has 0 atom stereocenters. The Balaban J connectivity index is 2.25. The first kappa shape index (κ1) is 16.2. The number of hydrogen-bond donors (Lipinski definition) is 0. The minimum atomic E-state index is -0.196. The molecule has 108 valence electrons. The lowest BCUT2D eigenvalue weighted by Crippen LogP contribution is -2.07. The van der Waals surface area contributed by atoms with Crippen LogP contribution < -0.4 is 0 Å². The van der Waals surface area contributed by atoms with Crippen molar-refractivity contribution in [3.8, 4) is 0 Å². The van der Waals surface area contributed by atoms with Gasteiger partial charge in [-0.05, 0) is 23.5 Å². The maximum atomic E-state index is 11.6. The van der Waals surface area contributed by atoms with Gasteiger partial charge in [-0.25, -0.2) is 0 Å². The van der Waals surface area contributed by atoms with Crippen molar-refractivity contribution in [2.75, 3.05) is 6.61 Å². The lowest BCUT2D eigenvalue weighted by Gasteiger charge is -2.15. The van der Waals surface area contributed by atoms with E-state index in [1.807, 2.05) is 48.6 Å². The van der Waals surface area contributed by atoms with Gasteiger partial charge in [0, 0.05) is 0 Å². The van der Waals surface area contributed by atoms with E-state index in [0.717, 1.165) is 12.0 Å². The maximum Gasteiger partial charge on any atom is 0.310 e. The Morgan fingerprint density at radius 3 is 2.55 bits per heavy atom. The second-order valence-corrected chi connectivity index (χ2v) is 5.47. The van der Waals surface area contributed by atoms with Crippen LogP contribution in [0.1, 0.15) is 32.8 Å². The van der Waals surface area contributed by atoms with E-state index in [-0.39, 0.29) is 11.4 Å². The van der Waals surface area contributed by atoms with Crippen LogP contribution in [0, 0.1) is 5.41 Å². The SMILES string of the molecule is CCC(C)(C)/C=C/C=C/COC(=O)Cc1ccccc1. The van der Waals surface area contributed by atoms with Gasteiger partial charge in [0.2, 0.25) is 0 Å². The highest BCUT2D eigenvalue weighted by Crippen LogP contribution is 2.20. The highest BCUT2D eigenvalue weighted by molar-refractivity contribution is 5.72. The number of benzene rings is 1. The molecule has 0 radical (unpaired) electrons. The van der Waals surface area contributed by atoms with Gasteiger partial charge in [0.15, 0.2) is 0 Å². The molecule has 0 unspecified atom stereocenters. The first-order chi connectivity index (χ1) is 9.53. The first-order valence-electron chi connectivity index (χ1n) is 7.07. The van der Waals surface area contributed by atoms with Gasteiger partial charge in [-0.1, -0.05) is 69.3 Å². The van der Waals surface area contributed by atoms with Crippen molar-refractivity contribution >= 4 is 5.97 Å². The molecule has 0 aliphatic rings. The average Bonchev–Trinajstić information content (AvgIpc) is 2.44. The highest BCUT2D eigenvalue weighted by atomic mass is 16.5. The van der Waals surface area contributed by atoms with Crippen molar-refractivity contribution in [2.45, 2.75) is 33.6 Å². The molecule has 0 N–H and O–H groups in total. The molecule has 2 nitrogen and oxygen atoms in total. The predicted molar refractivity (Wildman–Crippen MR) is 83.5 cm³/mol. The van der Waals surface area contributed by atoms with E-state index in [1.165, 1.54) is 0 Å². The third kappa shape index (κ3) is 6.93. The molecule has 0 saturated heterocycles. The van der Waals surface area contributed by atoms with Crippen LogP contribution in [0.2, 0.25) is 0 Å². The van der Waals surface area contributed by atoms with Crippen molar-refractivity contribution in [1.82, 2.24) is 0 Å². The van der Waals surface area contributed by atoms with Gasteiger partial charge in [0.25, 0.3) is 0 Å². The van der Waals surface area contributed by atoms with Crippen LogP contribution in [0.15, 0.2) is 54.6 Å². The zero-order valence-corrected chi connectivity index (χ0v) is 12.6. The first-order valence-corrected chi connectivity index (χ1v) is 7.07. The Hall–Kier alpha value is -1.83. The van der Waals surface area contributed by atoms with Gasteiger partial charge in [0.1, 0.15) is 6.61 Å². The lowest BCUT2D eigenvalue weighted by atomic mass is 9.90. The van der Waals surface area contributed by atoms with Crippen LogP contribution in [-0.2, 0) is 16.0 Å². The van der Waals surface area contributed by atoms with Crippen molar-refractivity contribution in [2.24, 2.45) is 5.41 Å². The molecule has 0 heterocycles. The smallest absolute Gasteiger partial charge is 0.310 e. The van der Waals surface area contributed by atoms with Gasteiger partial charge in [-0.3, -0.25) is 4.79 Å². The van der Waals surface area contributed by atoms with Gasteiger partial charge in [0.05, 0.1) is 6.42 Å². The van der Waals surface area contributed by atoms with Crippen LogP contribution in [0.3, 0.4) is 0 Å². The average molecular weight is 272 g/mol. The minimum Gasteiger partial charge on any atom is -0.461 e. The third-order valence-electron chi connectivity index (χ3n) is 3.24. The number of hydrogen-bond acceptors (Lipinski definition) is 2. The largest absolute Gasteiger partial charge is 0.461 e. The van der Waals surface area contributed by atoms with Crippen LogP contribution in [0.4, 0.5) is 0 Å². The summed E-state index contributed by atoms with van der Waals surface area (Å²) in [5, 5.41) is 0. The number of allylic oxidation sites excluding steroid dienone is 3. The fraction of sp³-hybridized carbons (Fsp3) is 0.389. The molecule has 0 aromatic heterocycles. The summed E-state index contributed by atoms with van der Waals surface area (Å²) < 4.78 is 5.14. The molecule has 0 amide bonds. The van der Waals surface area contributed by atoms with Gasteiger partial charge < -0.3 is 4.74 Å². The molecule has 0 aliphatic heterocycles. The summed E-state index contributed by atoms with van der Waals surface area (Å²) >= 11 is 0. The second-order valence-electron chi connectivity index (χ2n) is 5.47. The molecule has 0 bridgehead atoms. The van der Waals surface area contributed by atoms with Gasteiger partial charge in [-0.15, -0.1) is 0 Å². The number of rotatable bonds is 7. The normalized spacial score (nSPS) is 12.2. The van der Waals surface area contributed by atoms with Crippen molar-refractivity contribution < 1.29 is 9.53 Å². The molecular weight excluding hydrogens is 248 g/mol. The third-order valence-corrected chi connectivity index (χ3v) is 3.24. The summed E-state index contributed by atoms with van der Waals surface area (Å²) in [5.41, 5.74) is 1.19. The molecule has 1 rings (SSSR count). The second kappa shape index (κ2) is 8.36. The Bertz CT molecular complexity index is 456. The van der Waals surface area contributed by atoms with Crippen molar-refractivity contribution in [1.29, 1.82) is 0 Å². The summed E-state index contributed by atoms with van der Waals surface area (Å²) in [4.78, 5) is 11.6. The molecule has 1 aromatic rings. The van der Waals surface area contributed by atoms with Crippen LogP contribution in [0.5, 0.6) is 0 Å². The highest BCUT2D eigenvalue weighted by Gasteiger charge is 2.08. The van der Waals surface area contributed by atoms with Crippen molar-refractivity contribution in [3.63, 3.8) is 0 Å². The van der Waals surface area contributed by atoms with Crippen LogP contribution >= 0.6 is 0 Å². The quantitative estimate of drug-likeness (QED) is 0.546. The summed E-state index contributed by atoms with van der Waals surface area (Å²) in [5.74, 6) is -0.196. The van der Waals surface area contributed by atoms with E-state index in [1.54, 1.807) is 0 Å². The fourth-order valence-electron chi connectivity index (χ4n) is 1.52. The van der Waals surface area contributed by atoms with Crippen molar-refractivity contribution in [3.05, 3.63) is 60.2 Å². The topological polar surface area (TPSA) is 26.3 Å². The van der Waals surface area contributed by atoms with Gasteiger partial charge >= 0.3 is 5.97 Å². The zero-order valence-electron chi connectivity index (χ0n) is 12.6. The Kier molecular flexibility index (Phi) is 6.78. The summed E-state index contributed by atoms with van der Waals surface area (Å²) in [6.07, 6.45) is 9.37. The van der Waals surface area contributed by atoms with E-state index in [9.17, 15) is 4.79 Å². The molecule has 0 spiro atoms. The Morgan fingerprint density at radius 2 is 1.90 bits per heavy atom. The summed E-state index contributed by atoms with van der Waals surface area (Å²) in [6, 6.07) is 9.62. The van der Waals surface area contributed by atoms with E-state index >= 15 is 0 Å². The molecule has 0 fully saturated rings. The fourth-order valence-corrected chi connectivity index (χ4v) is 1.52.